The molecule has 0 aromatic rings. The minimum atomic E-state index is 0.240. The van der Waals surface area contributed by atoms with Crippen LogP contribution in [0.15, 0.2) is 0 Å². The maximum absolute atomic E-state index is 13.1. The highest BCUT2D eigenvalue weighted by Crippen LogP contribution is 2.47. The summed E-state index contributed by atoms with van der Waals surface area (Å²) in [4.78, 5) is 0. The van der Waals surface area contributed by atoms with Crippen LogP contribution in [0.4, 0.5) is 0 Å². The normalized spacial score (nSPS) is 54.8. The zero-order chi connectivity index (χ0) is 10.5. The molecule has 3 aliphatic rings. The first kappa shape index (κ1) is 10.1. The van der Waals surface area contributed by atoms with E-state index in [1.807, 2.05) is 0 Å². The summed E-state index contributed by atoms with van der Waals surface area (Å²) in [6.07, 6.45) is 9.89. The molecule has 3 aliphatic heterocycles. The van der Waals surface area contributed by atoms with Gasteiger partial charge in [-0.1, -0.05) is 6.92 Å². The fraction of sp³-hybridized carbons (Fsp3) is 1.00. The predicted molar refractivity (Wildman–Crippen MR) is 61.1 cm³/mol. The third kappa shape index (κ3) is 1.38. The van der Waals surface area contributed by atoms with Gasteiger partial charge in [0, 0.05) is 12.8 Å². The monoisotopic (exact) mass is 209 g/mol. The highest BCUT2D eigenvalue weighted by molar-refractivity contribution is 4.87. The molecule has 3 saturated heterocycles. The van der Waals surface area contributed by atoms with Crippen LogP contribution in [0.5, 0.6) is 0 Å². The van der Waals surface area contributed by atoms with Gasteiger partial charge in [0.15, 0.2) is 0 Å². The molecule has 0 bridgehead atoms. The molecule has 2 nitrogen and oxygen atoms in total. The first-order valence-corrected chi connectivity index (χ1v) is 6.80. The Balaban J connectivity index is 1.92. The molecule has 3 rings (SSSR count). The number of nitrogens with zero attached hydrogens (tertiary/aromatic N) is 1. The minimum Gasteiger partial charge on any atom is -0.632 e. The van der Waals surface area contributed by atoms with Gasteiger partial charge in [-0.3, -0.25) is 0 Å². The van der Waals surface area contributed by atoms with Gasteiger partial charge in [0.2, 0.25) is 0 Å². The Morgan fingerprint density at radius 2 is 1.33 bits per heavy atom. The number of hydrogen-bond acceptors (Lipinski definition) is 1. The van der Waals surface area contributed by atoms with Gasteiger partial charge in [0.1, 0.15) is 0 Å². The van der Waals surface area contributed by atoms with E-state index in [4.69, 9.17) is 0 Å². The second kappa shape index (κ2) is 3.46. The molecule has 86 valence electrons. The molecule has 15 heavy (non-hydrogen) atoms. The van der Waals surface area contributed by atoms with E-state index < -0.39 is 0 Å². The second-order valence-corrected chi connectivity index (χ2v) is 6.16. The van der Waals surface area contributed by atoms with Gasteiger partial charge >= 0.3 is 0 Å². The van der Waals surface area contributed by atoms with Gasteiger partial charge in [-0.2, -0.15) is 0 Å². The largest absolute Gasteiger partial charge is 0.632 e. The Morgan fingerprint density at radius 3 is 1.87 bits per heavy atom. The summed E-state index contributed by atoms with van der Waals surface area (Å²) in [7, 11) is 0. The van der Waals surface area contributed by atoms with E-state index >= 15 is 0 Å². The molecule has 0 aromatic carbocycles. The standard InChI is InChI=1S/C13H23NO/c1-10-8-12-6-2-4-11-5-3-7-13(9-10)14(11,12)15/h10-13H,2-9H2,1H3/t10?,11?,12-,13-,14?/m0/s1. The van der Waals surface area contributed by atoms with Crippen molar-refractivity contribution < 1.29 is 4.65 Å². The van der Waals surface area contributed by atoms with Gasteiger partial charge in [0.05, 0.1) is 18.1 Å². The summed E-state index contributed by atoms with van der Waals surface area (Å²) in [5.74, 6) is 0.803. The van der Waals surface area contributed by atoms with Crippen molar-refractivity contribution in [2.45, 2.75) is 76.4 Å². The molecule has 0 aliphatic carbocycles. The van der Waals surface area contributed by atoms with Gasteiger partial charge in [0.25, 0.3) is 0 Å². The summed E-state index contributed by atoms with van der Waals surface area (Å²) in [5, 5.41) is 13.1. The molecule has 0 spiro atoms. The van der Waals surface area contributed by atoms with Crippen molar-refractivity contribution in [1.29, 1.82) is 0 Å². The maximum atomic E-state index is 13.1. The van der Waals surface area contributed by atoms with E-state index in [0.717, 1.165) is 5.92 Å². The Labute approximate surface area is 92.8 Å². The second-order valence-electron chi connectivity index (χ2n) is 6.16. The van der Waals surface area contributed by atoms with Crippen LogP contribution in [0.1, 0.15) is 58.3 Å². The summed E-state index contributed by atoms with van der Waals surface area (Å²) >= 11 is 0. The molecule has 3 heterocycles. The van der Waals surface area contributed by atoms with Crippen molar-refractivity contribution in [1.82, 2.24) is 0 Å². The van der Waals surface area contributed by atoms with Crippen molar-refractivity contribution in [2.75, 3.05) is 0 Å². The van der Waals surface area contributed by atoms with Crippen LogP contribution in [-0.2, 0) is 0 Å². The molecule has 0 unspecified atom stereocenters. The smallest absolute Gasteiger partial charge is 0.0894 e. The van der Waals surface area contributed by atoms with Gasteiger partial charge < -0.3 is 9.85 Å². The number of piperidine rings is 3. The molecule has 2 atom stereocenters. The Hall–Kier alpha value is -0.0800. The van der Waals surface area contributed by atoms with Crippen molar-refractivity contribution in [3.63, 3.8) is 0 Å². The highest BCUT2D eigenvalue weighted by atomic mass is 16.6. The van der Waals surface area contributed by atoms with E-state index in [1.54, 1.807) is 0 Å². The lowest BCUT2D eigenvalue weighted by Gasteiger charge is -2.65. The Morgan fingerprint density at radius 1 is 0.867 bits per heavy atom. The molecule has 0 amide bonds. The molecule has 2 heteroatoms. The van der Waals surface area contributed by atoms with E-state index in [2.05, 4.69) is 6.92 Å². The Kier molecular flexibility index (Phi) is 2.33. The maximum Gasteiger partial charge on any atom is 0.0894 e. The fourth-order valence-corrected chi connectivity index (χ4v) is 4.61. The molecule has 3 fully saturated rings. The van der Waals surface area contributed by atoms with Crippen LogP contribution < -0.4 is 0 Å². The zero-order valence-corrected chi connectivity index (χ0v) is 9.82. The molecular weight excluding hydrogens is 186 g/mol. The van der Waals surface area contributed by atoms with E-state index in [0.29, 0.717) is 18.1 Å². The average Bonchev–Trinajstić information content (AvgIpc) is 2.19. The minimum absolute atomic E-state index is 0.240. The van der Waals surface area contributed by atoms with Gasteiger partial charge in [-0.15, -0.1) is 0 Å². The van der Waals surface area contributed by atoms with E-state index in [1.165, 1.54) is 51.4 Å². The van der Waals surface area contributed by atoms with Crippen LogP contribution in [0, 0.1) is 11.1 Å². The van der Waals surface area contributed by atoms with Crippen LogP contribution in [0.2, 0.25) is 0 Å². The molecular formula is C13H23NO. The fourth-order valence-electron chi connectivity index (χ4n) is 4.61. The lowest BCUT2D eigenvalue weighted by Crippen LogP contribution is -2.68. The van der Waals surface area contributed by atoms with Crippen molar-refractivity contribution in [2.24, 2.45) is 5.92 Å². The quantitative estimate of drug-likeness (QED) is 0.444. The zero-order valence-electron chi connectivity index (χ0n) is 9.82. The highest BCUT2D eigenvalue weighted by Gasteiger charge is 2.50. The summed E-state index contributed by atoms with van der Waals surface area (Å²) in [5.41, 5.74) is 0. The number of rotatable bonds is 0. The van der Waals surface area contributed by atoms with E-state index in [-0.39, 0.29) is 4.65 Å². The number of hydroxylamine groups is 3. The molecule has 0 saturated carbocycles. The first-order chi connectivity index (χ1) is 7.21. The van der Waals surface area contributed by atoms with Crippen LogP contribution in [0.25, 0.3) is 0 Å². The summed E-state index contributed by atoms with van der Waals surface area (Å²) < 4.78 is 0.240. The van der Waals surface area contributed by atoms with Crippen molar-refractivity contribution in [3.8, 4) is 0 Å². The van der Waals surface area contributed by atoms with Crippen LogP contribution in [0.3, 0.4) is 0 Å². The average molecular weight is 209 g/mol. The number of quaternary nitrogens is 1. The van der Waals surface area contributed by atoms with E-state index in [9.17, 15) is 5.21 Å². The van der Waals surface area contributed by atoms with Crippen LogP contribution in [-0.4, -0.2) is 22.8 Å². The topological polar surface area (TPSA) is 23.1 Å². The first-order valence-electron chi connectivity index (χ1n) is 6.80. The Bertz CT molecular complexity index is 233. The lowest BCUT2D eigenvalue weighted by molar-refractivity contribution is -0.968. The van der Waals surface area contributed by atoms with Gasteiger partial charge in [-0.05, 0) is 44.4 Å². The third-order valence-corrected chi connectivity index (χ3v) is 5.21. The lowest BCUT2D eigenvalue weighted by atomic mass is 9.75. The summed E-state index contributed by atoms with van der Waals surface area (Å²) in [6, 6.07) is 1.42. The predicted octanol–water partition coefficient (Wildman–Crippen LogP) is 3.20. The molecule has 0 aromatic heterocycles. The SMILES string of the molecule is CC1C[C@@H]2CCCC3CCC[C@@H](C1)[N+]32[O-]. The van der Waals surface area contributed by atoms with Crippen LogP contribution >= 0.6 is 0 Å². The summed E-state index contributed by atoms with van der Waals surface area (Å²) in [6.45, 7) is 2.35. The van der Waals surface area contributed by atoms with Crippen molar-refractivity contribution in [3.05, 3.63) is 5.21 Å². The van der Waals surface area contributed by atoms with Gasteiger partial charge in [-0.25, -0.2) is 0 Å². The molecule has 0 radical (unpaired) electrons. The molecule has 0 N–H and O–H groups in total. The third-order valence-electron chi connectivity index (χ3n) is 5.21. The van der Waals surface area contributed by atoms with Crippen molar-refractivity contribution >= 4 is 0 Å². The number of hydrogen-bond donors (Lipinski definition) is 0.